The van der Waals surface area contributed by atoms with Gasteiger partial charge < -0.3 is 14.7 Å². The van der Waals surface area contributed by atoms with Crippen LogP contribution in [-0.2, 0) is 4.74 Å². The van der Waals surface area contributed by atoms with E-state index < -0.39 is 0 Å². The first-order chi connectivity index (χ1) is 12.3. The number of hydrogen-bond donors (Lipinski definition) is 1. The first-order valence-corrected chi connectivity index (χ1v) is 10.1. The SMILES string of the molecule is O[C@H](COC1CCCCC1)CN1C2CCC1CN(c1ccccc1)C2. The lowest BCUT2D eigenvalue weighted by Gasteiger charge is -2.43. The molecule has 1 saturated carbocycles. The van der Waals surface area contributed by atoms with Gasteiger partial charge in [-0.3, -0.25) is 4.90 Å². The second kappa shape index (κ2) is 8.07. The van der Waals surface area contributed by atoms with Gasteiger partial charge in [-0.05, 0) is 37.8 Å². The predicted molar refractivity (Wildman–Crippen MR) is 101 cm³/mol. The maximum atomic E-state index is 10.5. The summed E-state index contributed by atoms with van der Waals surface area (Å²) in [6, 6.07) is 11.9. The second-order valence-electron chi connectivity index (χ2n) is 8.07. The molecule has 1 aromatic carbocycles. The molecule has 2 heterocycles. The van der Waals surface area contributed by atoms with Crippen LogP contribution in [0.15, 0.2) is 30.3 Å². The van der Waals surface area contributed by atoms with Crippen molar-refractivity contribution in [3.8, 4) is 0 Å². The van der Waals surface area contributed by atoms with Crippen molar-refractivity contribution in [3.63, 3.8) is 0 Å². The van der Waals surface area contributed by atoms with Gasteiger partial charge in [0, 0.05) is 37.4 Å². The highest BCUT2D eigenvalue weighted by molar-refractivity contribution is 5.47. The minimum absolute atomic E-state index is 0.353. The molecule has 1 aliphatic carbocycles. The zero-order chi connectivity index (χ0) is 17.1. The second-order valence-corrected chi connectivity index (χ2v) is 8.07. The van der Waals surface area contributed by atoms with Crippen LogP contribution in [0.25, 0.3) is 0 Å². The number of aliphatic hydroxyl groups excluding tert-OH is 1. The third-order valence-corrected chi connectivity index (χ3v) is 6.25. The molecule has 1 aromatic rings. The molecule has 0 radical (unpaired) electrons. The van der Waals surface area contributed by atoms with Gasteiger partial charge in [0.05, 0.1) is 18.8 Å². The highest BCUT2D eigenvalue weighted by atomic mass is 16.5. The zero-order valence-corrected chi connectivity index (χ0v) is 15.2. The van der Waals surface area contributed by atoms with Crippen molar-refractivity contribution < 1.29 is 9.84 Å². The van der Waals surface area contributed by atoms with E-state index in [-0.39, 0.29) is 6.10 Å². The fourth-order valence-electron chi connectivity index (χ4n) is 4.91. The molecule has 2 saturated heterocycles. The molecule has 2 bridgehead atoms. The number of aliphatic hydroxyl groups is 1. The third-order valence-electron chi connectivity index (χ3n) is 6.25. The van der Waals surface area contributed by atoms with Crippen LogP contribution in [0.5, 0.6) is 0 Å². The van der Waals surface area contributed by atoms with E-state index in [4.69, 9.17) is 4.74 Å². The molecule has 0 spiro atoms. The van der Waals surface area contributed by atoms with Crippen LogP contribution in [0.3, 0.4) is 0 Å². The molecule has 1 N–H and O–H groups in total. The van der Waals surface area contributed by atoms with Crippen LogP contribution in [0.1, 0.15) is 44.9 Å². The number of anilines is 1. The Morgan fingerprint density at radius 3 is 2.32 bits per heavy atom. The molecule has 138 valence electrons. The van der Waals surface area contributed by atoms with Crippen molar-refractivity contribution >= 4 is 5.69 Å². The Hall–Kier alpha value is -1.10. The Kier molecular flexibility index (Phi) is 5.59. The zero-order valence-electron chi connectivity index (χ0n) is 15.2. The molecule has 4 nitrogen and oxygen atoms in total. The van der Waals surface area contributed by atoms with E-state index in [1.165, 1.54) is 50.6 Å². The summed E-state index contributed by atoms with van der Waals surface area (Å²) >= 11 is 0. The lowest BCUT2D eigenvalue weighted by Crippen LogP contribution is -2.56. The number of rotatable bonds is 6. The maximum Gasteiger partial charge on any atom is 0.0900 e. The summed E-state index contributed by atoms with van der Waals surface area (Å²) < 4.78 is 5.98. The van der Waals surface area contributed by atoms with Crippen LogP contribution in [-0.4, -0.2) is 60.5 Å². The Balaban J connectivity index is 1.27. The van der Waals surface area contributed by atoms with Crippen molar-refractivity contribution in [3.05, 3.63) is 30.3 Å². The molecule has 3 atom stereocenters. The summed E-state index contributed by atoms with van der Waals surface area (Å²) in [5, 5.41) is 10.5. The van der Waals surface area contributed by atoms with Crippen molar-refractivity contribution in [1.82, 2.24) is 4.90 Å². The van der Waals surface area contributed by atoms with Crippen LogP contribution in [0.4, 0.5) is 5.69 Å². The highest BCUT2D eigenvalue weighted by Gasteiger charge is 2.40. The molecule has 4 rings (SSSR count). The average Bonchev–Trinajstić information content (AvgIpc) is 2.89. The number of para-hydroxylation sites is 1. The van der Waals surface area contributed by atoms with Crippen molar-refractivity contribution in [2.75, 3.05) is 31.1 Å². The minimum atomic E-state index is -0.353. The number of nitrogens with zero attached hydrogens (tertiary/aromatic N) is 2. The van der Waals surface area contributed by atoms with Crippen LogP contribution in [0, 0.1) is 0 Å². The number of ether oxygens (including phenoxy) is 1. The van der Waals surface area contributed by atoms with E-state index >= 15 is 0 Å². The van der Waals surface area contributed by atoms with Crippen LogP contribution in [0.2, 0.25) is 0 Å². The van der Waals surface area contributed by atoms with Gasteiger partial charge in [0.1, 0.15) is 0 Å². The summed E-state index contributed by atoms with van der Waals surface area (Å²) in [5.41, 5.74) is 1.33. The molecule has 3 aliphatic rings. The largest absolute Gasteiger partial charge is 0.389 e. The number of hydrogen-bond acceptors (Lipinski definition) is 4. The van der Waals surface area contributed by atoms with Gasteiger partial charge in [0.15, 0.2) is 0 Å². The first kappa shape index (κ1) is 17.3. The Morgan fingerprint density at radius 2 is 1.64 bits per heavy atom. The lowest BCUT2D eigenvalue weighted by atomic mass is 9.98. The van der Waals surface area contributed by atoms with E-state index in [1.807, 2.05) is 0 Å². The molecule has 2 unspecified atom stereocenters. The standard InChI is InChI=1S/C21H32N2O2/c24-20(16-25-21-9-5-2-6-10-21)15-23-18-11-12-19(23)14-22(13-18)17-7-3-1-4-8-17/h1,3-4,7-8,18-21,24H,2,5-6,9-16H2/t18?,19?,20-/m0/s1. The van der Waals surface area contributed by atoms with Gasteiger partial charge in [-0.1, -0.05) is 37.5 Å². The number of fused-ring (bicyclic) bond motifs is 2. The van der Waals surface area contributed by atoms with Crippen molar-refractivity contribution in [1.29, 1.82) is 0 Å². The average molecular weight is 344 g/mol. The number of benzene rings is 1. The number of piperazine rings is 1. The minimum Gasteiger partial charge on any atom is -0.389 e. The molecule has 0 aromatic heterocycles. The summed E-state index contributed by atoms with van der Waals surface area (Å²) in [5.74, 6) is 0. The van der Waals surface area contributed by atoms with E-state index in [2.05, 4.69) is 40.1 Å². The van der Waals surface area contributed by atoms with Gasteiger partial charge in [-0.2, -0.15) is 0 Å². The van der Waals surface area contributed by atoms with E-state index in [1.54, 1.807) is 0 Å². The topological polar surface area (TPSA) is 35.9 Å². The van der Waals surface area contributed by atoms with E-state index in [9.17, 15) is 5.11 Å². The molecule has 3 fully saturated rings. The van der Waals surface area contributed by atoms with Gasteiger partial charge in [-0.25, -0.2) is 0 Å². The van der Waals surface area contributed by atoms with Gasteiger partial charge in [0.25, 0.3) is 0 Å². The molecular formula is C21H32N2O2. The lowest BCUT2D eigenvalue weighted by molar-refractivity contribution is -0.0389. The van der Waals surface area contributed by atoms with E-state index in [0.29, 0.717) is 24.8 Å². The quantitative estimate of drug-likeness (QED) is 0.860. The fourth-order valence-corrected chi connectivity index (χ4v) is 4.91. The van der Waals surface area contributed by atoms with Crippen molar-refractivity contribution in [2.45, 2.75) is 69.2 Å². The molecule has 0 amide bonds. The first-order valence-electron chi connectivity index (χ1n) is 10.1. The summed E-state index contributed by atoms with van der Waals surface area (Å²) in [6.45, 7) is 3.43. The Bertz CT molecular complexity index is 518. The normalized spacial score (nSPS) is 29.1. The summed E-state index contributed by atoms with van der Waals surface area (Å²) in [6.07, 6.45) is 8.80. The van der Waals surface area contributed by atoms with Crippen LogP contribution < -0.4 is 4.90 Å². The maximum absolute atomic E-state index is 10.5. The Morgan fingerprint density at radius 1 is 0.960 bits per heavy atom. The van der Waals surface area contributed by atoms with Gasteiger partial charge >= 0.3 is 0 Å². The molecular weight excluding hydrogens is 312 g/mol. The molecule has 25 heavy (non-hydrogen) atoms. The summed E-state index contributed by atoms with van der Waals surface area (Å²) in [7, 11) is 0. The summed E-state index contributed by atoms with van der Waals surface area (Å²) in [4.78, 5) is 5.07. The molecule has 2 aliphatic heterocycles. The fraction of sp³-hybridized carbons (Fsp3) is 0.714. The molecule has 4 heteroatoms. The third kappa shape index (κ3) is 4.18. The predicted octanol–water partition coefficient (Wildman–Crippen LogP) is 3.05. The smallest absolute Gasteiger partial charge is 0.0900 e. The van der Waals surface area contributed by atoms with Crippen LogP contribution >= 0.6 is 0 Å². The Labute approximate surface area is 151 Å². The van der Waals surface area contributed by atoms with Gasteiger partial charge in [0.2, 0.25) is 0 Å². The van der Waals surface area contributed by atoms with E-state index in [0.717, 1.165) is 19.6 Å². The van der Waals surface area contributed by atoms with Gasteiger partial charge in [-0.15, -0.1) is 0 Å². The van der Waals surface area contributed by atoms with Crippen molar-refractivity contribution in [2.24, 2.45) is 0 Å². The monoisotopic (exact) mass is 344 g/mol. The highest BCUT2D eigenvalue weighted by Crippen LogP contribution is 2.32.